The lowest BCUT2D eigenvalue weighted by Crippen LogP contribution is -2.44. The second-order valence-electron chi connectivity index (χ2n) is 5.58. The molecule has 1 saturated heterocycles. The molecule has 1 aliphatic heterocycles. The standard InChI is InChI=1S/C15H19F3N2O/c1-19(2)13-7-3-5-11(9-13)14(21)20-8-4-6-12(10-20)15(16,17)18/h3,5,7,9,12H,4,6,8,10H2,1-2H3/t12-/m1/s1. The predicted octanol–water partition coefficient (Wildman–Crippen LogP) is 3.17. The Kier molecular flexibility index (Phi) is 4.44. The molecular formula is C15H19F3N2O. The molecule has 1 aromatic rings. The summed E-state index contributed by atoms with van der Waals surface area (Å²) in [4.78, 5) is 15.6. The lowest BCUT2D eigenvalue weighted by Gasteiger charge is -2.33. The van der Waals surface area contributed by atoms with E-state index in [1.807, 2.05) is 25.1 Å². The van der Waals surface area contributed by atoms with Crippen LogP contribution >= 0.6 is 0 Å². The Morgan fingerprint density at radius 1 is 1.33 bits per heavy atom. The number of carbonyl (C=O) groups excluding carboxylic acids is 1. The molecule has 3 nitrogen and oxygen atoms in total. The van der Waals surface area contributed by atoms with Crippen LogP contribution in [0.4, 0.5) is 18.9 Å². The molecule has 1 fully saturated rings. The average Bonchev–Trinajstić information content (AvgIpc) is 2.46. The van der Waals surface area contributed by atoms with Crippen LogP contribution in [0.2, 0.25) is 0 Å². The van der Waals surface area contributed by atoms with Crippen LogP contribution in [0.1, 0.15) is 23.2 Å². The molecule has 1 amide bonds. The first-order valence-corrected chi connectivity index (χ1v) is 6.92. The summed E-state index contributed by atoms with van der Waals surface area (Å²) in [6.07, 6.45) is -3.74. The smallest absolute Gasteiger partial charge is 0.378 e. The zero-order valence-corrected chi connectivity index (χ0v) is 12.2. The van der Waals surface area contributed by atoms with Gasteiger partial charge in [-0.3, -0.25) is 4.79 Å². The number of likely N-dealkylation sites (tertiary alicyclic amines) is 1. The minimum absolute atomic E-state index is 0.102. The summed E-state index contributed by atoms with van der Waals surface area (Å²) in [5, 5.41) is 0. The number of piperidine rings is 1. The van der Waals surface area contributed by atoms with Crippen molar-refractivity contribution in [1.82, 2.24) is 4.90 Å². The van der Waals surface area contributed by atoms with E-state index in [9.17, 15) is 18.0 Å². The second kappa shape index (κ2) is 5.95. The summed E-state index contributed by atoms with van der Waals surface area (Å²) < 4.78 is 38.4. The molecule has 116 valence electrons. The molecular weight excluding hydrogens is 281 g/mol. The fourth-order valence-electron chi connectivity index (χ4n) is 2.53. The van der Waals surface area contributed by atoms with E-state index in [1.165, 1.54) is 4.90 Å². The quantitative estimate of drug-likeness (QED) is 0.837. The van der Waals surface area contributed by atoms with Gasteiger partial charge in [-0.2, -0.15) is 13.2 Å². The highest BCUT2D eigenvalue weighted by atomic mass is 19.4. The minimum Gasteiger partial charge on any atom is -0.378 e. The van der Waals surface area contributed by atoms with E-state index in [4.69, 9.17) is 0 Å². The fraction of sp³-hybridized carbons (Fsp3) is 0.533. The Morgan fingerprint density at radius 2 is 2.05 bits per heavy atom. The molecule has 0 bridgehead atoms. The van der Waals surface area contributed by atoms with Gasteiger partial charge >= 0.3 is 6.18 Å². The van der Waals surface area contributed by atoms with Crippen molar-refractivity contribution in [3.63, 3.8) is 0 Å². The van der Waals surface area contributed by atoms with Crippen LogP contribution in [-0.4, -0.2) is 44.2 Å². The van der Waals surface area contributed by atoms with Gasteiger partial charge in [-0.15, -0.1) is 0 Å². The molecule has 0 N–H and O–H groups in total. The van der Waals surface area contributed by atoms with Crippen molar-refractivity contribution >= 4 is 11.6 Å². The van der Waals surface area contributed by atoms with Crippen molar-refractivity contribution in [3.8, 4) is 0 Å². The second-order valence-corrected chi connectivity index (χ2v) is 5.58. The van der Waals surface area contributed by atoms with Crippen LogP contribution in [0.25, 0.3) is 0 Å². The zero-order valence-electron chi connectivity index (χ0n) is 12.2. The molecule has 1 atom stereocenters. The third-order valence-corrected chi connectivity index (χ3v) is 3.78. The molecule has 0 aliphatic carbocycles. The van der Waals surface area contributed by atoms with Crippen LogP contribution in [0.3, 0.4) is 0 Å². The average molecular weight is 300 g/mol. The fourth-order valence-corrected chi connectivity index (χ4v) is 2.53. The first kappa shape index (κ1) is 15.7. The van der Waals surface area contributed by atoms with Crippen LogP contribution in [0.5, 0.6) is 0 Å². The molecule has 1 aliphatic rings. The highest BCUT2D eigenvalue weighted by molar-refractivity contribution is 5.95. The van der Waals surface area contributed by atoms with Gasteiger partial charge in [-0.05, 0) is 31.0 Å². The Labute approximate surface area is 122 Å². The highest BCUT2D eigenvalue weighted by Crippen LogP contribution is 2.33. The van der Waals surface area contributed by atoms with E-state index in [-0.39, 0.29) is 18.9 Å². The lowest BCUT2D eigenvalue weighted by molar-refractivity contribution is -0.184. The van der Waals surface area contributed by atoms with E-state index in [0.29, 0.717) is 18.5 Å². The highest BCUT2D eigenvalue weighted by Gasteiger charge is 2.42. The molecule has 1 aromatic carbocycles. The third-order valence-electron chi connectivity index (χ3n) is 3.78. The number of halogens is 3. The molecule has 0 radical (unpaired) electrons. The maximum absolute atomic E-state index is 12.8. The molecule has 6 heteroatoms. The summed E-state index contributed by atoms with van der Waals surface area (Å²) in [7, 11) is 3.70. The van der Waals surface area contributed by atoms with Gasteiger partial charge in [0.25, 0.3) is 5.91 Å². The minimum atomic E-state index is -4.23. The Bertz CT molecular complexity index is 514. The maximum Gasteiger partial charge on any atom is 0.393 e. The molecule has 2 rings (SSSR count). The van der Waals surface area contributed by atoms with E-state index in [1.54, 1.807) is 18.2 Å². The zero-order chi connectivity index (χ0) is 15.6. The van der Waals surface area contributed by atoms with Crippen molar-refractivity contribution in [2.45, 2.75) is 19.0 Å². The Hall–Kier alpha value is -1.72. The van der Waals surface area contributed by atoms with Gasteiger partial charge in [-0.25, -0.2) is 0 Å². The number of benzene rings is 1. The van der Waals surface area contributed by atoms with Gasteiger partial charge in [0.2, 0.25) is 0 Å². The van der Waals surface area contributed by atoms with E-state index >= 15 is 0 Å². The van der Waals surface area contributed by atoms with Gasteiger partial charge < -0.3 is 9.80 Å². The van der Waals surface area contributed by atoms with E-state index in [2.05, 4.69) is 0 Å². The van der Waals surface area contributed by atoms with Crippen molar-refractivity contribution < 1.29 is 18.0 Å². The summed E-state index contributed by atoms with van der Waals surface area (Å²) >= 11 is 0. The SMILES string of the molecule is CN(C)c1cccc(C(=O)N2CCC[C@@H](C(F)(F)F)C2)c1. The van der Waals surface area contributed by atoms with Crippen LogP contribution in [0, 0.1) is 5.92 Å². The number of carbonyl (C=O) groups is 1. The van der Waals surface area contributed by atoms with Gasteiger partial charge in [0.15, 0.2) is 0 Å². The van der Waals surface area contributed by atoms with Gasteiger partial charge in [0.1, 0.15) is 0 Å². The molecule has 1 heterocycles. The van der Waals surface area contributed by atoms with Crippen LogP contribution in [-0.2, 0) is 0 Å². The monoisotopic (exact) mass is 300 g/mol. The lowest BCUT2D eigenvalue weighted by atomic mass is 9.97. The van der Waals surface area contributed by atoms with Crippen LogP contribution < -0.4 is 4.90 Å². The summed E-state index contributed by atoms with van der Waals surface area (Å²) in [5.41, 5.74) is 1.29. The molecule has 0 saturated carbocycles. The first-order valence-electron chi connectivity index (χ1n) is 6.92. The molecule has 21 heavy (non-hydrogen) atoms. The summed E-state index contributed by atoms with van der Waals surface area (Å²) in [5.74, 6) is -1.74. The Morgan fingerprint density at radius 3 is 2.67 bits per heavy atom. The normalized spacial score (nSPS) is 19.5. The largest absolute Gasteiger partial charge is 0.393 e. The number of anilines is 1. The van der Waals surface area contributed by atoms with Gasteiger partial charge in [-0.1, -0.05) is 6.07 Å². The molecule has 0 unspecified atom stereocenters. The maximum atomic E-state index is 12.8. The number of amides is 1. The van der Waals surface area contributed by atoms with Gasteiger partial charge in [0.05, 0.1) is 5.92 Å². The number of hydrogen-bond acceptors (Lipinski definition) is 2. The van der Waals surface area contributed by atoms with Crippen molar-refractivity contribution in [3.05, 3.63) is 29.8 Å². The summed E-state index contributed by atoms with van der Waals surface area (Å²) in [6.45, 7) is 0.145. The van der Waals surface area contributed by atoms with Crippen LogP contribution in [0.15, 0.2) is 24.3 Å². The first-order chi connectivity index (χ1) is 9.79. The molecule has 0 spiro atoms. The van der Waals surface area contributed by atoms with Crippen molar-refractivity contribution in [2.24, 2.45) is 5.92 Å². The van der Waals surface area contributed by atoms with E-state index in [0.717, 1.165) is 5.69 Å². The van der Waals surface area contributed by atoms with E-state index < -0.39 is 12.1 Å². The number of hydrogen-bond donors (Lipinski definition) is 0. The third kappa shape index (κ3) is 3.68. The topological polar surface area (TPSA) is 23.6 Å². The molecule has 0 aromatic heterocycles. The van der Waals surface area contributed by atoms with Crippen molar-refractivity contribution in [1.29, 1.82) is 0 Å². The van der Waals surface area contributed by atoms with Gasteiger partial charge in [0, 0.05) is 38.4 Å². The summed E-state index contributed by atoms with van der Waals surface area (Å²) in [6, 6.07) is 6.95. The number of nitrogens with zero attached hydrogens (tertiary/aromatic N) is 2. The Balaban J connectivity index is 2.14. The predicted molar refractivity (Wildman–Crippen MR) is 75.5 cm³/mol. The van der Waals surface area contributed by atoms with Crippen molar-refractivity contribution in [2.75, 3.05) is 32.1 Å². The number of alkyl halides is 3. The number of rotatable bonds is 2.